The number of allylic oxidation sites excluding steroid dienone is 1. The quantitative estimate of drug-likeness (QED) is 0.850. The van der Waals surface area contributed by atoms with Gasteiger partial charge in [-0.2, -0.15) is 13.2 Å². The van der Waals surface area contributed by atoms with Crippen LogP contribution in [-0.4, -0.2) is 27.5 Å². The van der Waals surface area contributed by atoms with E-state index in [1.165, 1.54) is 0 Å². The van der Waals surface area contributed by atoms with E-state index in [1.807, 2.05) is 0 Å². The lowest BCUT2D eigenvalue weighted by Crippen LogP contribution is -2.20. The predicted molar refractivity (Wildman–Crippen MR) is 75.5 cm³/mol. The first-order valence-corrected chi connectivity index (χ1v) is 8.10. The summed E-state index contributed by atoms with van der Waals surface area (Å²) in [6.07, 6.45) is 0.475. The Balaban J connectivity index is 1.70. The minimum Gasteiger partial charge on any atom is -0.484 e. The van der Waals surface area contributed by atoms with Crippen molar-refractivity contribution in [2.45, 2.75) is 35.9 Å². The number of alkyl halides is 3. The molecule has 3 unspecified atom stereocenters. The van der Waals surface area contributed by atoms with Gasteiger partial charge in [0.1, 0.15) is 5.75 Å². The van der Waals surface area contributed by atoms with E-state index in [4.69, 9.17) is 4.74 Å². The molecule has 3 atom stereocenters. The molecule has 114 valence electrons. The van der Waals surface area contributed by atoms with Crippen LogP contribution in [0.15, 0.2) is 30.3 Å². The summed E-state index contributed by atoms with van der Waals surface area (Å²) in [5.41, 5.74) is 2.12. The number of benzene rings is 1. The summed E-state index contributed by atoms with van der Waals surface area (Å²) in [5.74, 6) is 0.207. The molecule has 0 radical (unpaired) electrons. The zero-order valence-electron chi connectivity index (χ0n) is 11.2. The third-order valence-electron chi connectivity index (χ3n) is 3.86. The molecule has 1 fully saturated rings. The van der Waals surface area contributed by atoms with Crippen LogP contribution in [0.25, 0.3) is 5.57 Å². The topological polar surface area (TPSA) is 26.3 Å². The van der Waals surface area contributed by atoms with Gasteiger partial charge in [-0.05, 0) is 42.5 Å². The van der Waals surface area contributed by atoms with Crippen molar-refractivity contribution in [2.75, 3.05) is 6.61 Å². The summed E-state index contributed by atoms with van der Waals surface area (Å²) in [4.78, 5) is 0. The van der Waals surface area contributed by atoms with Crippen molar-refractivity contribution < 1.29 is 22.1 Å². The van der Waals surface area contributed by atoms with E-state index in [9.17, 15) is 17.4 Å². The first kappa shape index (κ1) is 14.6. The second-order valence-electron chi connectivity index (χ2n) is 5.39. The number of ether oxygens (including phenoxy) is 1. The van der Waals surface area contributed by atoms with Gasteiger partial charge < -0.3 is 4.74 Å². The maximum absolute atomic E-state index is 12.1. The largest absolute Gasteiger partial charge is 0.484 e. The number of halogens is 3. The first-order chi connectivity index (χ1) is 9.92. The zero-order valence-corrected chi connectivity index (χ0v) is 12.0. The van der Waals surface area contributed by atoms with Gasteiger partial charge >= 0.3 is 6.18 Å². The Kier molecular flexibility index (Phi) is 3.82. The first-order valence-electron chi connectivity index (χ1n) is 6.82. The van der Waals surface area contributed by atoms with E-state index in [1.54, 1.807) is 24.3 Å². The van der Waals surface area contributed by atoms with Crippen LogP contribution in [0.2, 0.25) is 0 Å². The molecular weight excluding hydrogens is 301 g/mol. The van der Waals surface area contributed by atoms with Crippen LogP contribution in [-0.2, 0) is 10.8 Å². The summed E-state index contributed by atoms with van der Waals surface area (Å²) in [7, 11) is -0.757. The molecule has 0 spiro atoms. The van der Waals surface area contributed by atoms with Gasteiger partial charge in [-0.25, -0.2) is 0 Å². The molecule has 21 heavy (non-hydrogen) atoms. The second kappa shape index (κ2) is 5.48. The zero-order chi connectivity index (χ0) is 15.0. The lowest BCUT2D eigenvalue weighted by Gasteiger charge is -2.19. The summed E-state index contributed by atoms with van der Waals surface area (Å²) >= 11 is 0. The van der Waals surface area contributed by atoms with Crippen molar-refractivity contribution >= 4 is 16.4 Å². The average molecular weight is 316 g/mol. The van der Waals surface area contributed by atoms with E-state index in [0.717, 1.165) is 30.4 Å². The Labute approximate surface area is 123 Å². The highest BCUT2D eigenvalue weighted by atomic mass is 32.2. The maximum atomic E-state index is 12.1. The van der Waals surface area contributed by atoms with E-state index in [2.05, 4.69) is 6.08 Å². The van der Waals surface area contributed by atoms with E-state index in [0.29, 0.717) is 0 Å². The van der Waals surface area contributed by atoms with Gasteiger partial charge in [-0.3, -0.25) is 4.21 Å². The second-order valence-corrected chi connectivity index (χ2v) is 7.32. The minimum atomic E-state index is -4.33. The lowest BCUT2D eigenvalue weighted by molar-refractivity contribution is -0.153. The molecule has 3 rings (SSSR count). The monoisotopic (exact) mass is 316 g/mol. The molecule has 0 aromatic heterocycles. The molecular formula is C15H15F3O2S. The Morgan fingerprint density at radius 2 is 1.90 bits per heavy atom. The van der Waals surface area contributed by atoms with Crippen LogP contribution in [0.4, 0.5) is 13.2 Å². The number of hydrogen-bond donors (Lipinski definition) is 0. The Morgan fingerprint density at radius 1 is 1.19 bits per heavy atom. The van der Waals surface area contributed by atoms with Gasteiger partial charge in [0.05, 0.1) is 5.25 Å². The fourth-order valence-electron chi connectivity index (χ4n) is 2.85. The average Bonchev–Trinajstić information content (AvgIpc) is 2.66. The Bertz CT molecular complexity index is 578. The molecule has 2 bridgehead atoms. The molecule has 0 aliphatic carbocycles. The highest BCUT2D eigenvalue weighted by Crippen LogP contribution is 2.38. The third-order valence-corrected chi connectivity index (χ3v) is 5.89. The highest BCUT2D eigenvalue weighted by molar-refractivity contribution is 7.86. The number of hydrogen-bond acceptors (Lipinski definition) is 2. The molecule has 2 heterocycles. The van der Waals surface area contributed by atoms with Gasteiger partial charge in [0, 0.05) is 16.0 Å². The van der Waals surface area contributed by atoms with Crippen molar-refractivity contribution in [1.82, 2.24) is 0 Å². The van der Waals surface area contributed by atoms with Gasteiger partial charge in [0.25, 0.3) is 0 Å². The van der Waals surface area contributed by atoms with E-state index < -0.39 is 23.6 Å². The molecule has 2 aliphatic heterocycles. The smallest absolute Gasteiger partial charge is 0.422 e. The summed E-state index contributed by atoms with van der Waals surface area (Å²) < 4.78 is 52.9. The molecule has 1 aromatic rings. The minimum absolute atomic E-state index is 0.139. The maximum Gasteiger partial charge on any atom is 0.422 e. The van der Waals surface area contributed by atoms with E-state index in [-0.39, 0.29) is 16.2 Å². The molecule has 0 saturated carbocycles. The molecule has 2 nitrogen and oxygen atoms in total. The summed E-state index contributed by atoms with van der Waals surface area (Å²) in [5, 5.41) is 0.371. The van der Waals surface area contributed by atoms with E-state index >= 15 is 0 Å². The fraction of sp³-hybridized carbons (Fsp3) is 0.467. The van der Waals surface area contributed by atoms with Gasteiger partial charge in [-0.1, -0.05) is 18.2 Å². The Morgan fingerprint density at radius 3 is 2.52 bits per heavy atom. The van der Waals surface area contributed by atoms with Crippen LogP contribution in [0, 0.1) is 0 Å². The molecule has 0 N–H and O–H groups in total. The fourth-order valence-corrected chi connectivity index (χ4v) is 4.72. The standard InChI is InChI=1S/C15H15F3O2S/c16-15(17,18)9-20-12-3-1-10(2-4-12)11-7-13-5-6-14(8-11)21(13)19/h1-4,7,13-14H,5-6,8-9H2. The van der Waals surface area contributed by atoms with Gasteiger partial charge in [-0.15, -0.1) is 0 Å². The highest BCUT2D eigenvalue weighted by Gasteiger charge is 2.36. The van der Waals surface area contributed by atoms with Crippen molar-refractivity contribution in [3.8, 4) is 5.75 Å². The SMILES string of the molecule is O=S1C2C=C(c3ccc(OCC(F)(F)F)cc3)CC1CC2. The normalized spacial score (nSPS) is 28.3. The van der Waals surface area contributed by atoms with Crippen LogP contribution >= 0.6 is 0 Å². The number of fused-ring (bicyclic) bond motifs is 2. The van der Waals surface area contributed by atoms with Crippen molar-refractivity contribution in [2.24, 2.45) is 0 Å². The predicted octanol–water partition coefficient (Wildman–Crippen LogP) is 3.69. The van der Waals surface area contributed by atoms with Crippen LogP contribution in [0.1, 0.15) is 24.8 Å². The lowest BCUT2D eigenvalue weighted by atomic mass is 10.0. The van der Waals surface area contributed by atoms with Crippen LogP contribution in [0.5, 0.6) is 5.75 Å². The molecule has 0 amide bonds. The third kappa shape index (κ3) is 3.31. The molecule has 2 aliphatic rings. The summed E-state index contributed by atoms with van der Waals surface area (Å²) in [6.45, 7) is -1.28. The van der Waals surface area contributed by atoms with Crippen LogP contribution in [0.3, 0.4) is 0 Å². The van der Waals surface area contributed by atoms with Crippen LogP contribution < -0.4 is 4.74 Å². The molecule has 6 heteroatoms. The van der Waals surface area contributed by atoms with Gasteiger partial charge in [0.15, 0.2) is 6.61 Å². The van der Waals surface area contributed by atoms with Crippen molar-refractivity contribution in [3.63, 3.8) is 0 Å². The molecule has 1 saturated heterocycles. The Hall–Kier alpha value is -1.30. The molecule has 1 aromatic carbocycles. The van der Waals surface area contributed by atoms with Gasteiger partial charge in [0.2, 0.25) is 0 Å². The summed E-state index contributed by atoms with van der Waals surface area (Å²) in [6, 6.07) is 6.64. The van der Waals surface area contributed by atoms with Crippen molar-refractivity contribution in [1.29, 1.82) is 0 Å². The number of rotatable bonds is 3. The van der Waals surface area contributed by atoms with Crippen molar-refractivity contribution in [3.05, 3.63) is 35.9 Å².